The zero-order valence-electron chi connectivity index (χ0n) is 13.4. The average Bonchev–Trinajstić information content (AvgIpc) is 2.60. The lowest BCUT2D eigenvalue weighted by Crippen LogP contribution is -2.37. The molecule has 1 unspecified atom stereocenters. The third-order valence-corrected chi connectivity index (χ3v) is 4.90. The number of carbonyl (C=O) groups excluding carboxylic acids is 1. The van der Waals surface area contributed by atoms with Gasteiger partial charge in [0.15, 0.2) is 0 Å². The Labute approximate surface area is 142 Å². The number of aromatic nitrogens is 1. The standard InChI is InChI=1S/C19H22N2OS/c1-23-14-19(22)21(13-16-9-4-5-12-20-16)18-11-6-8-15-7-2-3-10-17(15)18/h2-5,7,9-10,12,18H,6,8,11,13-14H2,1H3. The molecule has 1 aromatic heterocycles. The number of thioether (sulfide) groups is 1. The van der Waals surface area contributed by atoms with E-state index in [0.29, 0.717) is 12.3 Å². The van der Waals surface area contributed by atoms with Crippen molar-refractivity contribution in [2.45, 2.75) is 31.8 Å². The molecular formula is C19H22N2OS. The first-order chi connectivity index (χ1) is 11.3. The van der Waals surface area contributed by atoms with Crippen LogP contribution in [0.25, 0.3) is 0 Å². The van der Waals surface area contributed by atoms with Crippen molar-refractivity contribution in [2.75, 3.05) is 12.0 Å². The Kier molecular flexibility index (Phi) is 5.34. The van der Waals surface area contributed by atoms with Gasteiger partial charge in [0, 0.05) is 6.20 Å². The average molecular weight is 326 g/mol. The zero-order chi connectivity index (χ0) is 16.1. The summed E-state index contributed by atoms with van der Waals surface area (Å²) in [5, 5.41) is 0. The highest BCUT2D eigenvalue weighted by atomic mass is 32.2. The highest BCUT2D eigenvalue weighted by Gasteiger charge is 2.29. The third kappa shape index (κ3) is 3.75. The first kappa shape index (κ1) is 16.1. The molecule has 2 aromatic rings. The van der Waals surface area contributed by atoms with Gasteiger partial charge in [0.1, 0.15) is 0 Å². The molecule has 1 atom stereocenters. The van der Waals surface area contributed by atoms with Gasteiger partial charge in [-0.3, -0.25) is 9.78 Å². The number of amides is 1. The maximum absolute atomic E-state index is 12.7. The van der Waals surface area contributed by atoms with Crippen LogP contribution in [0, 0.1) is 0 Å². The number of aryl methyl sites for hydroxylation is 1. The fraction of sp³-hybridized carbons (Fsp3) is 0.368. The molecule has 0 bridgehead atoms. The number of hydrogen-bond acceptors (Lipinski definition) is 3. The van der Waals surface area contributed by atoms with Crippen LogP contribution in [0.15, 0.2) is 48.7 Å². The van der Waals surface area contributed by atoms with E-state index in [1.54, 1.807) is 18.0 Å². The molecule has 1 aliphatic carbocycles. The molecule has 0 spiro atoms. The topological polar surface area (TPSA) is 33.2 Å². The molecule has 120 valence electrons. The Hall–Kier alpha value is -1.81. The molecule has 0 saturated heterocycles. The maximum atomic E-state index is 12.7. The minimum absolute atomic E-state index is 0.168. The summed E-state index contributed by atoms with van der Waals surface area (Å²) in [5.74, 6) is 0.718. The number of pyridine rings is 1. The molecule has 1 amide bonds. The van der Waals surface area contributed by atoms with Crippen LogP contribution in [0.3, 0.4) is 0 Å². The number of benzene rings is 1. The molecule has 4 heteroatoms. The maximum Gasteiger partial charge on any atom is 0.233 e. The molecule has 1 aliphatic rings. The van der Waals surface area contributed by atoms with Crippen LogP contribution in [0.4, 0.5) is 0 Å². The van der Waals surface area contributed by atoms with Crippen molar-refractivity contribution in [2.24, 2.45) is 0 Å². The van der Waals surface area contributed by atoms with Gasteiger partial charge in [-0.1, -0.05) is 30.3 Å². The Bertz CT molecular complexity index is 659. The molecule has 23 heavy (non-hydrogen) atoms. The van der Waals surface area contributed by atoms with E-state index in [9.17, 15) is 4.79 Å². The largest absolute Gasteiger partial charge is 0.329 e. The smallest absolute Gasteiger partial charge is 0.233 e. The predicted molar refractivity (Wildman–Crippen MR) is 95.3 cm³/mol. The van der Waals surface area contributed by atoms with Gasteiger partial charge in [0.25, 0.3) is 0 Å². The van der Waals surface area contributed by atoms with Gasteiger partial charge >= 0.3 is 0 Å². The van der Waals surface area contributed by atoms with E-state index in [4.69, 9.17) is 0 Å². The number of carbonyl (C=O) groups is 1. The van der Waals surface area contributed by atoms with E-state index in [2.05, 4.69) is 29.2 Å². The van der Waals surface area contributed by atoms with E-state index in [-0.39, 0.29) is 11.9 Å². The van der Waals surface area contributed by atoms with Gasteiger partial charge < -0.3 is 4.90 Å². The van der Waals surface area contributed by atoms with Crippen molar-refractivity contribution in [3.8, 4) is 0 Å². The van der Waals surface area contributed by atoms with Crippen LogP contribution < -0.4 is 0 Å². The second kappa shape index (κ2) is 7.64. The quantitative estimate of drug-likeness (QED) is 0.837. The lowest BCUT2D eigenvalue weighted by Gasteiger charge is -2.36. The Morgan fingerprint density at radius 1 is 1.26 bits per heavy atom. The minimum Gasteiger partial charge on any atom is -0.329 e. The Morgan fingerprint density at radius 3 is 2.87 bits per heavy atom. The van der Waals surface area contributed by atoms with E-state index in [0.717, 1.165) is 25.0 Å². The van der Waals surface area contributed by atoms with Crippen molar-refractivity contribution in [3.05, 3.63) is 65.5 Å². The van der Waals surface area contributed by atoms with Gasteiger partial charge in [-0.15, -0.1) is 0 Å². The van der Waals surface area contributed by atoms with E-state index in [1.807, 2.05) is 29.4 Å². The minimum atomic E-state index is 0.168. The summed E-state index contributed by atoms with van der Waals surface area (Å²) in [5.41, 5.74) is 3.64. The molecule has 1 aromatic carbocycles. The number of fused-ring (bicyclic) bond motifs is 1. The summed E-state index contributed by atoms with van der Waals surface area (Å²) < 4.78 is 0. The second-order valence-corrected chi connectivity index (χ2v) is 6.75. The van der Waals surface area contributed by atoms with Crippen molar-refractivity contribution in [1.82, 2.24) is 9.88 Å². The zero-order valence-corrected chi connectivity index (χ0v) is 14.3. The first-order valence-electron chi connectivity index (χ1n) is 8.05. The summed E-state index contributed by atoms with van der Waals surface area (Å²) in [6, 6.07) is 14.6. The fourth-order valence-electron chi connectivity index (χ4n) is 3.30. The lowest BCUT2D eigenvalue weighted by atomic mass is 9.86. The van der Waals surface area contributed by atoms with Gasteiger partial charge in [-0.2, -0.15) is 11.8 Å². The van der Waals surface area contributed by atoms with Crippen LogP contribution in [-0.4, -0.2) is 27.8 Å². The van der Waals surface area contributed by atoms with Crippen LogP contribution in [0.1, 0.15) is 35.7 Å². The van der Waals surface area contributed by atoms with Crippen molar-refractivity contribution in [1.29, 1.82) is 0 Å². The van der Waals surface area contributed by atoms with Crippen molar-refractivity contribution in [3.63, 3.8) is 0 Å². The predicted octanol–water partition coefficient (Wildman–Crippen LogP) is 3.85. The molecule has 0 fully saturated rings. The van der Waals surface area contributed by atoms with Crippen LogP contribution in [0.2, 0.25) is 0 Å². The normalized spacial score (nSPS) is 16.7. The molecule has 3 nitrogen and oxygen atoms in total. The van der Waals surface area contributed by atoms with Crippen molar-refractivity contribution < 1.29 is 4.79 Å². The first-order valence-corrected chi connectivity index (χ1v) is 9.45. The summed E-state index contributed by atoms with van der Waals surface area (Å²) in [6.07, 6.45) is 7.05. The van der Waals surface area contributed by atoms with Gasteiger partial charge in [-0.05, 0) is 48.8 Å². The molecular weight excluding hydrogens is 304 g/mol. The van der Waals surface area contributed by atoms with E-state index < -0.39 is 0 Å². The summed E-state index contributed by atoms with van der Waals surface area (Å²) in [4.78, 5) is 19.2. The van der Waals surface area contributed by atoms with Crippen LogP contribution in [0.5, 0.6) is 0 Å². The highest BCUT2D eigenvalue weighted by Crippen LogP contribution is 2.35. The Morgan fingerprint density at radius 2 is 2.09 bits per heavy atom. The Balaban J connectivity index is 1.91. The summed E-state index contributed by atoms with van der Waals surface area (Å²) >= 11 is 1.58. The third-order valence-electron chi connectivity index (χ3n) is 4.36. The van der Waals surface area contributed by atoms with Gasteiger partial charge in [0.2, 0.25) is 5.91 Å². The monoisotopic (exact) mass is 326 g/mol. The van der Waals surface area contributed by atoms with E-state index in [1.165, 1.54) is 11.1 Å². The number of rotatable bonds is 5. The molecule has 0 saturated carbocycles. The SMILES string of the molecule is CSCC(=O)N(Cc1ccccn1)C1CCCc2ccccc21. The fourth-order valence-corrected chi connectivity index (χ4v) is 3.71. The van der Waals surface area contributed by atoms with Gasteiger partial charge in [-0.25, -0.2) is 0 Å². The summed E-state index contributed by atoms with van der Waals surface area (Å²) in [7, 11) is 0. The van der Waals surface area contributed by atoms with Gasteiger partial charge in [0.05, 0.1) is 24.0 Å². The molecule has 1 heterocycles. The van der Waals surface area contributed by atoms with Crippen LogP contribution >= 0.6 is 11.8 Å². The van der Waals surface area contributed by atoms with Crippen molar-refractivity contribution >= 4 is 17.7 Å². The lowest BCUT2D eigenvalue weighted by molar-refractivity contribution is -0.132. The van der Waals surface area contributed by atoms with Crippen LogP contribution in [-0.2, 0) is 17.8 Å². The highest BCUT2D eigenvalue weighted by molar-refractivity contribution is 7.99. The number of hydrogen-bond donors (Lipinski definition) is 0. The molecule has 3 rings (SSSR count). The number of nitrogens with zero attached hydrogens (tertiary/aromatic N) is 2. The molecule has 0 aliphatic heterocycles. The summed E-state index contributed by atoms with van der Waals surface area (Å²) in [6.45, 7) is 0.583. The molecule has 0 radical (unpaired) electrons. The van der Waals surface area contributed by atoms with E-state index >= 15 is 0 Å². The second-order valence-electron chi connectivity index (χ2n) is 5.88. The molecule has 0 N–H and O–H groups in total.